The van der Waals surface area contributed by atoms with Crippen LogP contribution >= 0.6 is 0 Å². The Balaban J connectivity index is 1.46. The molecule has 2 aliphatic carbocycles. The lowest BCUT2D eigenvalue weighted by Crippen LogP contribution is -2.67. The van der Waals surface area contributed by atoms with Crippen molar-refractivity contribution in [3.05, 3.63) is 35.9 Å². The highest BCUT2D eigenvalue weighted by molar-refractivity contribution is 5.14. The summed E-state index contributed by atoms with van der Waals surface area (Å²) >= 11 is 0. The highest BCUT2D eigenvalue weighted by Crippen LogP contribution is 2.29. The zero-order chi connectivity index (χ0) is 25.8. The Morgan fingerprint density at radius 2 is 1.53 bits per heavy atom. The number of nitrogens with zero attached hydrogens (tertiary/aromatic N) is 1. The van der Waals surface area contributed by atoms with Gasteiger partial charge in [-0.25, -0.2) is 0 Å². The molecule has 1 aromatic rings. The van der Waals surface area contributed by atoms with Crippen molar-refractivity contribution >= 4 is 0 Å². The zero-order valence-corrected chi connectivity index (χ0v) is 20.9. The predicted octanol–water partition coefficient (Wildman–Crippen LogP) is -0.992. The van der Waals surface area contributed by atoms with E-state index >= 15 is 0 Å². The Hall–Kier alpha value is -1.18. The van der Waals surface area contributed by atoms with Gasteiger partial charge in [0.1, 0.15) is 30.5 Å². The number of benzene rings is 1. The van der Waals surface area contributed by atoms with Crippen molar-refractivity contribution in [1.29, 1.82) is 0 Å². The first-order valence-corrected chi connectivity index (χ1v) is 13.3. The SMILES string of the molecule is N[C@H]1[C@@H](O[C@H]2[C@H](O)[C@@H](O)[C@H](N)C[C@@H]2N)O[C@H](CN(Cc2ccccc2)CC2CCCCC2)[C@@H](O)[C@@H]1O. The Labute approximate surface area is 213 Å². The van der Waals surface area contributed by atoms with E-state index in [9.17, 15) is 20.4 Å². The maximum atomic E-state index is 10.9. The number of ether oxygens (including phenoxy) is 2. The molecule has 36 heavy (non-hydrogen) atoms. The summed E-state index contributed by atoms with van der Waals surface area (Å²) in [5, 5.41) is 42.3. The smallest absolute Gasteiger partial charge is 0.176 e. The van der Waals surface area contributed by atoms with Crippen molar-refractivity contribution in [3.63, 3.8) is 0 Å². The zero-order valence-electron chi connectivity index (χ0n) is 20.9. The highest BCUT2D eigenvalue weighted by atomic mass is 16.7. The van der Waals surface area contributed by atoms with E-state index in [0.29, 0.717) is 19.0 Å². The third-order valence-electron chi connectivity index (χ3n) is 8.06. The van der Waals surface area contributed by atoms with Crippen LogP contribution in [0.2, 0.25) is 0 Å². The standard InChI is InChI=1S/C26H44N4O6/c27-17-11-18(28)25(24(34)21(17)31)36-26-20(29)23(33)22(32)19(35-26)14-30(12-15-7-3-1-4-8-15)13-16-9-5-2-6-10-16/h1,3-4,7-8,16-26,31-34H,2,5-6,9-14,27-29H2/t17-,18+,19-,20-,21+,22-,23-,24-,25-,26-/m1/s1. The van der Waals surface area contributed by atoms with Crippen LogP contribution in [-0.4, -0.2) is 99.5 Å². The average Bonchev–Trinajstić information content (AvgIpc) is 2.87. The molecule has 10 heteroatoms. The number of hydrogen-bond donors (Lipinski definition) is 7. The number of hydrogen-bond acceptors (Lipinski definition) is 10. The third kappa shape index (κ3) is 6.63. The van der Waals surface area contributed by atoms with Gasteiger partial charge in [-0.3, -0.25) is 4.90 Å². The lowest BCUT2D eigenvalue weighted by atomic mass is 9.84. The normalized spacial score (nSPS) is 40.4. The molecule has 1 heterocycles. The van der Waals surface area contributed by atoms with Crippen LogP contribution in [0.25, 0.3) is 0 Å². The number of aliphatic hydroxyl groups is 4. The molecule has 4 rings (SSSR count). The highest BCUT2D eigenvalue weighted by Gasteiger charge is 2.48. The van der Waals surface area contributed by atoms with E-state index < -0.39 is 61.0 Å². The Morgan fingerprint density at radius 3 is 2.22 bits per heavy atom. The van der Waals surface area contributed by atoms with Gasteiger partial charge in [0.15, 0.2) is 6.29 Å². The van der Waals surface area contributed by atoms with Crippen LogP contribution in [0.4, 0.5) is 0 Å². The fourth-order valence-corrected chi connectivity index (χ4v) is 5.89. The second-order valence-corrected chi connectivity index (χ2v) is 10.9. The topological polar surface area (TPSA) is 181 Å². The fraction of sp³-hybridized carbons (Fsp3) is 0.769. The van der Waals surface area contributed by atoms with E-state index in [-0.39, 0.29) is 6.42 Å². The van der Waals surface area contributed by atoms with Crippen molar-refractivity contribution in [1.82, 2.24) is 4.90 Å². The largest absolute Gasteiger partial charge is 0.389 e. The molecule has 0 unspecified atom stereocenters. The van der Waals surface area contributed by atoms with Gasteiger partial charge >= 0.3 is 0 Å². The van der Waals surface area contributed by atoms with Crippen LogP contribution in [0.5, 0.6) is 0 Å². The van der Waals surface area contributed by atoms with E-state index in [1.807, 2.05) is 18.2 Å². The minimum atomic E-state index is -1.32. The molecule has 204 valence electrons. The number of aliphatic hydroxyl groups excluding tert-OH is 4. The molecule has 10 atom stereocenters. The maximum Gasteiger partial charge on any atom is 0.176 e. The van der Waals surface area contributed by atoms with Gasteiger partial charge in [-0.15, -0.1) is 0 Å². The van der Waals surface area contributed by atoms with Gasteiger partial charge in [-0.05, 0) is 30.7 Å². The number of rotatable bonds is 8. The molecular formula is C26H44N4O6. The summed E-state index contributed by atoms with van der Waals surface area (Å²) in [7, 11) is 0. The van der Waals surface area contributed by atoms with Crippen molar-refractivity contribution < 1.29 is 29.9 Å². The average molecular weight is 509 g/mol. The summed E-state index contributed by atoms with van der Waals surface area (Å²) in [6.07, 6.45) is -1.49. The first-order chi connectivity index (χ1) is 17.2. The lowest BCUT2D eigenvalue weighted by molar-refractivity contribution is -0.291. The summed E-state index contributed by atoms with van der Waals surface area (Å²) in [5.74, 6) is 0.573. The van der Waals surface area contributed by atoms with Gasteiger partial charge in [-0.2, -0.15) is 0 Å². The van der Waals surface area contributed by atoms with Gasteiger partial charge in [0.25, 0.3) is 0 Å². The van der Waals surface area contributed by atoms with Crippen LogP contribution in [0, 0.1) is 5.92 Å². The summed E-state index contributed by atoms with van der Waals surface area (Å²) < 4.78 is 12.1. The molecule has 3 fully saturated rings. The minimum absolute atomic E-state index is 0.256. The fourth-order valence-electron chi connectivity index (χ4n) is 5.89. The number of nitrogens with two attached hydrogens (primary N) is 3. The Bertz CT molecular complexity index is 800. The van der Waals surface area contributed by atoms with E-state index in [4.69, 9.17) is 26.7 Å². The summed E-state index contributed by atoms with van der Waals surface area (Å²) in [6.45, 7) is 1.93. The van der Waals surface area contributed by atoms with Crippen molar-refractivity contribution in [2.45, 2.75) is 106 Å². The monoisotopic (exact) mass is 508 g/mol. The maximum absolute atomic E-state index is 10.9. The van der Waals surface area contributed by atoms with Crippen LogP contribution in [0.15, 0.2) is 30.3 Å². The van der Waals surface area contributed by atoms with Crippen molar-refractivity contribution in [2.75, 3.05) is 13.1 Å². The molecule has 1 aliphatic heterocycles. The van der Waals surface area contributed by atoms with Gasteiger partial charge in [0, 0.05) is 31.7 Å². The summed E-state index contributed by atoms with van der Waals surface area (Å²) in [5.41, 5.74) is 19.3. The Kier molecular flexibility index (Phi) is 9.73. The second-order valence-electron chi connectivity index (χ2n) is 10.9. The molecule has 0 amide bonds. The van der Waals surface area contributed by atoms with Crippen molar-refractivity contribution in [3.8, 4) is 0 Å². The van der Waals surface area contributed by atoms with Gasteiger partial charge in [0.05, 0.1) is 12.1 Å². The quantitative estimate of drug-likeness (QED) is 0.230. The lowest BCUT2D eigenvalue weighted by Gasteiger charge is -2.46. The molecule has 10 nitrogen and oxygen atoms in total. The first kappa shape index (κ1) is 27.8. The summed E-state index contributed by atoms with van der Waals surface area (Å²) in [6, 6.07) is 7.79. The summed E-state index contributed by atoms with van der Waals surface area (Å²) in [4.78, 5) is 2.27. The molecule has 0 spiro atoms. The molecule has 0 aromatic heterocycles. The molecule has 3 aliphatic rings. The van der Waals surface area contributed by atoms with Crippen LogP contribution < -0.4 is 17.2 Å². The van der Waals surface area contributed by atoms with Crippen LogP contribution in [-0.2, 0) is 16.0 Å². The van der Waals surface area contributed by atoms with Crippen LogP contribution in [0.1, 0.15) is 44.1 Å². The van der Waals surface area contributed by atoms with Crippen molar-refractivity contribution in [2.24, 2.45) is 23.1 Å². The predicted molar refractivity (Wildman–Crippen MR) is 134 cm³/mol. The third-order valence-corrected chi connectivity index (χ3v) is 8.06. The molecule has 1 aromatic carbocycles. The molecular weight excluding hydrogens is 464 g/mol. The van der Waals surface area contributed by atoms with Gasteiger partial charge in [-0.1, -0.05) is 49.6 Å². The van der Waals surface area contributed by atoms with E-state index in [0.717, 1.165) is 12.1 Å². The minimum Gasteiger partial charge on any atom is -0.389 e. The van der Waals surface area contributed by atoms with E-state index in [2.05, 4.69) is 17.0 Å². The molecule has 1 saturated heterocycles. The Morgan fingerprint density at radius 1 is 0.833 bits per heavy atom. The van der Waals surface area contributed by atoms with Gasteiger partial charge in [0.2, 0.25) is 0 Å². The molecule has 0 bridgehead atoms. The van der Waals surface area contributed by atoms with Crippen LogP contribution in [0.3, 0.4) is 0 Å². The van der Waals surface area contributed by atoms with Gasteiger partial charge < -0.3 is 47.1 Å². The van der Waals surface area contributed by atoms with E-state index in [1.54, 1.807) is 0 Å². The van der Waals surface area contributed by atoms with E-state index in [1.165, 1.54) is 32.1 Å². The molecule has 2 saturated carbocycles. The molecule has 10 N–H and O–H groups in total. The first-order valence-electron chi connectivity index (χ1n) is 13.3. The second kappa shape index (κ2) is 12.6. The molecule has 0 radical (unpaired) electrons.